The lowest BCUT2D eigenvalue weighted by molar-refractivity contribution is -0.120. The first-order valence-corrected chi connectivity index (χ1v) is 5.18. The van der Waals surface area contributed by atoms with E-state index < -0.39 is 0 Å². The Bertz CT molecular complexity index is 372. The number of para-hydroxylation sites is 1. The average molecular weight is 224 g/mol. The molecule has 0 aliphatic heterocycles. The molecule has 2 N–H and O–H groups in total. The number of halogens is 1. The van der Waals surface area contributed by atoms with Gasteiger partial charge in [-0.2, -0.15) is 0 Å². The number of carbonyl (C=O) groups is 1. The van der Waals surface area contributed by atoms with Crippen molar-refractivity contribution < 1.29 is 9.18 Å². The Kier molecular flexibility index (Phi) is 3.88. The van der Waals surface area contributed by atoms with E-state index in [9.17, 15) is 9.18 Å². The van der Waals surface area contributed by atoms with Crippen molar-refractivity contribution in [3.63, 3.8) is 0 Å². The van der Waals surface area contributed by atoms with Crippen molar-refractivity contribution in [1.29, 1.82) is 0 Å². The van der Waals surface area contributed by atoms with Crippen molar-refractivity contribution in [2.24, 2.45) is 0 Å². The lowest BCUT2D eigenvalue weighted by Gasteiger charge is -2.20. The zero-order chi connectivity index (χ0) is 12.2. The van der Waals surface area contributed by atoms with Crippen LogP contribution in [0, 0.1) is 5.82 Å². The van der Waals surface area contributed by atoms with Crippen LogP contribution in [0.1, 0.15) is 20.8 Å². The zero-order valence-electron chi connectivity index (χ0n) is 9.80. The molecule has 0 aliphatic carbocycles. The third-order valence-electron chi connectivity index (χ3n) is 1.83. The Hall–Kier alpha value is -1.58. The van der Waals surface area contributed by atoms with Gasteiger partial charge in [-0.1, -0.05) is 12.1 Å². The highest BCUT2D eigenvalue weighted by atomic mass is 19.1. The second-order valence-electron chi connectivity index (χ2n) is 4.63. The molecule has 0 aliphatic rings. The van der Waals surface area contributed by atoms with Crippen LogP contribution in [-0.2, 0) is 4.79 Å². The summed E-state index contributed by atoms with van der Waals surface area (Å²) < 4.78 is 13.2. The molecule has 16 heavy (non-hydrogen) atoms. The van der Waals surface area contributed by atoms with Crippen LogP contribution in [0.3, 0.4) is 0 Å². The molecule has 1 rings (SSSR count). The molecule has 0 bridgehead atoms. The van der Waals surface area contributed by atoms with Gasteiger partial charge in [-0.25, -0.2) is 4.39 Å². The van der Waals surface area contributed by atoms with E-state index in [1.165, 1.54) is 6.07 Å². The van der Waals surface area contributed by atoms with E-state index in [1.807, 2.05) is 20.8 Å². The monoisotopic (exact) mass is 224 g/mol. The number of rotatable bonds is 3. The number of anilines is 1. The first-order chi connectivity index (χ1) is 7.38. The smallest absolute Gasteiger partial charge is 0.239 e. The highest BCUT2D eigenvalue weighted by molar-refractivity contribution is 5.81. The predicted molar refractivity (Wildman–Crippen MR) is 62.8 cm³/mol. The molecule has 88 valence electrons. The Morgan fingerprint density at radius 3 is 2.50 bits per heavy atom. The van der Waals surface area contributed by atoms with Crippen molar-refractivity contribution in [3.8, 4) is 0 Å². The lowest BCUT2D eigenvalue weighted by atomic mass is 10.1. The van der Waals surface area contributed by atoms with Crippen LogP contribution in [0.25, 0.3) is 0 Å². The Balaban J connectivity index is 2.47. The van der Waals surface area contributed by atoms with Gasteiger partial charge in [0.2, 0.25) is 5.91 Å². The van der Waals surface area contributed by atoms with Gasteiger partial charge in [-0.05, 0) is 32.9 Å². The normalized spacial score (nSPS) is 11.0. The van der Waals surface area contributed by atoms with Crippen molar-refractivity contribution >= 4 is 11.6 Å². The molecule has 1 aromatic rings. The molecule has 0 aromatic heterocycles. The Morgan fingerprint density at radius 1 is 1.31 bits per heavy atom. The van der Waals surface area contributed by atoms with Gasteiger partial charge >= 0.3 is 0 Å². The molecular formula is C12H17FN2O. The Labute approximate surface area is 95.0 Å². The molecule has 0 saturated carbocycles. The largest absolute Gasteiger partial charge is 0.374 e. The highest BCUT2D eigenvalue weighted by Gasteiger charge is 2.13. The van der Waals surface area contributed by atoms with Crippen LogP contribution >= 0.6 is 0 Å². The number of amides is 1. The third kappa shape index (κ3) is 4.29. The minimum atomic E-state index is -0.356. The van der Waals surface area contributed by atoms with Gasteiger partial charge in [-0.3, -0.25) is 4.79 Å². The van der Waals surface area contributed by atoms with E-state index in [2.05, 4.69) is 10.6 Å². The molecule has 0 radical (unpaired) electrons. The van der Waals surface area contributed by atoms with Crippen molar-refractivity contribution in [1.82, 2.24) is 5.32 Å². The molecule has 0 atom stereocenters. The van der Waals surface area contributed by atoms with E-state index in [-0.39, 0.29) is 23.8 Å². The van der Waals surface area contributed by atoms with E-state index in [0.717, 1.165) is 0 Å². The maximum atomic E-state index is 13.2. The summed E-state index contributed by atoms with van der Waals surface area (Å²) in [4.78, 5) is 11.4. The van der Waals surface area contributed by atoms with Gasteiger partial charge in [0, 0.05) is 5.54 Å². The summed E-state index contributed by atoms with van der Waals surface area (Å²) in [7, 11) is 0. The third-order valence-corrected chi connectivity index (χ3v) is 1.83. The predicted octanol–water partition coefficient (Wildman–Crippen LogP) is 2.15. The minimum Gasteiger partial charge on any atom is -0.374 e. The summed E-state index contributed by atoms with van der Waals surface area (Å²) in [5.74, 6) is -0.512. The highest BCUT2D eigenvalue weighted by Crippen LogP contribution is 2.11. The van der Waals surface area contributed by atoms with Crippen LogP contribution < -0.4 is 10.6 Å². The summed E-state index contributed by atoms with van der Waals surface area (Å²) in [5, 5.41) is 5.53. The van der Waals surface area contributed by atoms with E-state index >= 15 is 0 Å². The molecule has 4 heteroatoms. The van der Waals surface area contributed by atoms with Gasteiger partial charge in [0.15, 0.2) is 0 Å². The fourth-order valence-electron chi connectivity index (χ4n) is 1.24. The second kappa shape index (κ2) is 4.96. The average Bonchev–Trinajstić information content (AvgIpc) is 2.14. The van der Waals surface area contributed by atoms with Gasteiger partial charge in [0.1, 0.15) is 5.82 Å². The summed E-state index contributed by atoms with van der Waals surface area (Å²) >= 11 is 0. The molecule has 0 fully saturated rings. The summed E-state index contributed by atoms with van der Waals surface area (Å²) in [6.07, 6.45) is 0. The van der Waals surface area contributed by atoms with Gasteiger partial charge in [-0.15, -0.1) is 0 Å². The topological polar surface area (TPSA) is 41.1 Å². The number of carbonyl (C=O) groups excluding carboxylic acids is 1. The van der Waals surface area contributed by atoms with E-state index in [0.29, 0.717) is 5.69 Å². The number of hydrogen-bond acceptors (Lipinski definition) is 2. The Morgan fingerprint density at radius 2 is 1.94 bits per heavy atom. The maximum Gasteiger partial charge on any atom is 0.239 e. The molecule has 0 heterocycles. The first-order valence-electron chi connectivity index (χ1n) is 5.18. The molecule has 0 saturated heterocycles. The van der Waals surface area contributed by atoms with E-state index in [1.54, 1.807) is 18.2 Å². The number of nitrogens with one attached hydrogen (secondary N) is 2. The summed E-state index contributed by atoms with van der Waals surface area (Å²) in [5.41, 5.74) is 0.0696. The van der Waals surface area contributed by atoms with Gasteiger partial charge in [0.05, 0.1) is 12.2 Å². The quantitative estimate of drug-likeness (QED) is 0.826. The fraction of sp³-hybridized carbons (Fsp3) is 0.417. The molecule has 1 amide bonds. The first kappa shape index (κ1) is 12.5. The van der Waals surface area contributed by atoms with Crippen molar-refractivity contribution in [2.45, 2.75) is 26.3 Å². The van der Waals surface area contributed by atoms with Crippen LogP contribution in [0.4, 0.5) is 10.1 Å². The van der Waals surface area contributed by atoms with Crippen LogP contribution in [-0.4, -0.2) is 18.0 Å². The molecule has 0 spiro atoms. The van der Waals surface area contributed by atoms with Crippen LogP contribution in [0.2, 0.25) is 0 Å². The second-order valence-corrected chi connectivity index (χ2v) is 4.63. The summed E-state index contributed by atoms with van der Waals surface area (Å²) in [6, 6.07) is 6.27. The molecule has 3 nitrogen and oxygen atoms in total. The standard InChI is InChI=1S/C12H17FN2O/c1-12(2,3)15-11(16)8-14-10-7-5-4-6-9(10)13/h4-7,14H,8H2,1-3H3,(H,15,16). The zero-order valence-corrected chi connectivity index (χ0v) is 9.80. The SMILES string of the molecule is CC(C)(C)NC(=O)CNc1ccccc1F. The lowest BCUT2D eigenvalue weighted by Crippen LogP contribution is -2.43. The van der Waals surface area contributed by atoms with Crippen molar-refractivity contribution in [2.75, 3.05) is 11.9 Å². The maximum absolute atomic E-state index is 13.2. The fourth-order valence-corrected chi connectivity index (χ4v) is 1.24. The molecule has 0 unspecified atom stereocenters. The molecule has 1 aromatic carbocycles. The van der Waals surface area contributed by atoms with Crippen molar-refractivity contribution in [3.05, 3.63) is 30.1 Å². The van der Waals surface area contributed by atoms with Crippen LogP contribution in [0.5, 0.6) is 0 Å². The van der Waals surface area contributed by atoms with Gasteiger partial charge in [0.25, 0.3) is 0 Å². The minimum absolute atomic E-state index is 0.0677. The van der Waals surface area contributed by atoms with Crippen LogP contribution in [0.15, 0.2) is 24.3 Å². The molecular weight excluding hydrogens is 207 g/mol. The summed E-state index contributed by atoms with van der Waals surface area (Å²) in [6.45, 7) is 5.76. The number of hydrogen-bond donors (Lipinski definition) is 2. The van der Waals surface area contributed by atoms with Gasteiger partial charge < -0.3 is 10.6 Å². The van der Waals surface area contributed by atoms with E-state index in [4.69, 9.17) is 0 Å². The number of benzene rings is 1.